The molecular formula is C19H20F3NO4. The van der Waals surface area contributed by atoms with Crippen molar-refractivity contribution in [1.82, 2.24) is 0 Å². The maximum Gasteiger partial charge on any atom is 0.573 e. The maximum absolute atomic E-state index is 12.3. The van der Waals surface area contributed by atoms with Crippen molar-refractivity contribution >= 4 is 11.6 Å². The van der Waals surface area contributed by atoms with Gasteiger partial charge in [-0.25, -0.2) is 0 Å². The number of amides is 1. The Morgan fingerprint density at radius 2 is 1.78 bits per heavy atom. The molecule has 146 valence electrons. The molecule has 8 heteroatoms. The average Bonchev–Trinajstić information content (AvgIpc) is 2.58. The van der Waals surface area contributed by atoms with E-state index >= 15 is 0 Å². The molecule has 2 aromatic rings. The summed E-state index contributed by atoms with van der Waals surface area (Å²) in [5.41, 5.74) is 2.04. The lowest BCUT2D eigenvalue weighted by Gasteiger charge is -2.13. The zero-order chi connectivity index (χ0) is 19.9. The van der Waals surface area contributed by atoms with E-state index in [2.05, 4.69) is 10.1 Å². The minimum atomic E-state index is -4.75. The molecule has 0 spiro atoms. The van der Waals surface area contributed by atoms with Gasteiger partial charge in [-0.15, -0.1) is 13.2 Å². The van der Waals surface area contributed by atoms with Crippen molar-refractivity contribution in [3.8, 4) is 11.5 Å². The highest BCUT2D eigenvalue weighted by atomic mass is 19.4. The van der Waals surface area contributed by atoms with Gasteiger partial charge in [-0.2, -0.15) is 0 Å². The van der Waals surface area contributed by atoms with Gasteiger partial charge in [0, 0.05) is 7.11 Å². The van der Waals surface area contributed by atoms with Crippen LogP contribution in [0, 0.1) is 6.92 Å². The average molecular weight is 383 g/mol. The van der Waals surface area contributed by atoms with Gasteiger partial charge in [0.1, 0.15) is 18.1 Å². The van der Waals surface area contributed by atoms with Crippen LogP contribution in [0.5, 0.6) is 11.5 Å². The fourth-order valence-corrected chi connectivity index (χ4v) is 2.28. The smallest absolute Gasteiger partial charge is 0.489 e. The van der Waals surface area contributed by atoms with Gasteiger partial charge in [-0.1, -0.05) is 18.2 Å². The van der Waals surface area contributed by atoms with E-state index in [1.807, 2.05) is 13.0 Å². The minimum Gasteiger partial charge on any atom is -0.489 e. The molecule has 1 N–H and O–H groups in total. The SMILES string of the molecule is COCCOc1cc(C)ccc1NC(=O)Cc1ccc(OC(F)(F)F)cc1. The zero-order valence-electron chi connectivity index (χ0n) is 14.9. The van der Waals surface area contributed by atoms with Crippen LogP contribution >= 0.6 is 0 Å². The molecule has 0 aliphatic rings. The van der Waals surface area contributed by atoms with E-state index in [0.717, 1.165) is 5.56 Å². The number of ether oxygens (including phenoxy) is 3. The van der Waals surface area contributed by atoms with E-state index in [1.54, 1.807) is 19.2 Å². The summed E-state index contributed by atoms with van der Waals surface area (Å²) in [6, 6.07) is 10.5. The fourth-order valence-electron chi connectivity index (χ4n) is 2.28. The van der Waals surface area contributed by atoms with Crippen LogP contribution in [0.4, 0.5) is 18.9 Å². The van der Waals surface area contributed by atoms with Gasteiger partial charge in [-0.05, 0) is 42.3 Å². The van der Waals surface area contributed by atoms with Crippen LogP contribution in [0.2, 0.25) is 0 Å². The van der Waals surface area contributed by atoms with Crippen LogP contribution in [-0.4, -0.2) is 32.6 Å². The molecular weight excluding hydrogens is 363 g/mol. The van der Waals surface area contributed by atoms with Gasteiger partial charge in [0.15, 0.2) is 0 Å². The highest BCUT2D eigenvalue weighted by molar-refractivity contribution is 5.93. The van der Waals surface area contributed by atoms with Crippen molar-refractivity contribution in [3.63, 3.8) is 0 Å². The predicted molar refractivity (Wildman–Crippen MR) is 94.0 cm³/mol. The van der Waals surface area contributed by atoms with Gasteiger partial charge < -0.3 is 19.5 Å². The Hall–Kier alpha value is -2.74. The van der Waals surface area contributed by atoms with Crippen LogP contribution < -0.4 is 14.8 Å². The fraction of sp³-hybridized carbons (Fsp3) is 0.316. The first-order valence-corrected chi connectivity index (χ1v) is 8.14. The lowest BCUT2D eigenvalue weighted by atomic mass is 10.1. The third-order valence-corrected chi connectivity index (χ3v) is 3.48. The molecule has 2 rings (SSSR count). The second-order valence-corrected chi connectivity index (χ2v) is 5.76. The monoisotopic (exact) mass is 383 g/mol. The van der Waals surface area contributed by atoms with E-state index in [0.29, 0.717) is 30.2 Å². The van der Waals surface area contributed by atoms with E-state index in [1.165, 1.54) is 24.3 Å². The summed E-state index contributed by atoms with van der Waals surface area (Å²) in [4.78, 5) is 12.3. The van der Waals surface area contributed by atoms with Crippen molar-refractivity contribution in [3.05, 3.63) is 53.6 Å². The Labute approximate surface area is 155 Å². The Morgan fingerprint density at radius 1 is 1.07 bits per heavy atom. The normalized spacial score (nSPS) is 11.1. The van der Waals surface area contributed by atoms with Crippen molar-refractivity contribution in [2.24, 2.45) is 0 Å². The topological polar surface area (TPSA) is 56.8 Å². The van der Waals surface area contributed by atoms with Gasteiger partial charge in [0.25, 0.3) is 0 Å². The number of alkyl halides is 3. The summed E-state index contributed by atoms with van der Waals surface area (Å²) in [6.45, 7) is 2.65. The molecule has 0 unspecified atom stereocenters. The second-order valence-electron chi connectivity index (χ2n) is 5.76. The van der Waals surface area contributed by atoms with E-state index in [9.17, 15) is 18.0 Å². The highest BCUT2D eigenvalue weighted by Crippen LogP contribution is 2.26. The second kappa shape index (κ2) is 9.27. The molecule has 1 amide bonds. The summed E-state index contributed by atoms with van der Waals surface area (Å²) in [7, 11) is 1.56. The first-order chi connectivity index (χ1) is 12.8. The number of anilines is 1. The van der Waals surface area contributed by atoms with Gasteiger partial charge in [0.2, 0.25) is 5.91 Å². The molecule has 0 saturated carbocycles. The molecule has 0 fully saturated rings. The lowest BCUT2D eigenvalue weighted by molar-refractivity contribution is -0.274. The summed E-state index contributed by atoms with van der Waals surface area (Å²) < 4.78 is 50.9. The number of benzene rings is 2. The van der Waals surface area contributed by atoms with Crippen LogP contribution in [0.3, 0.4) is 0 Å². The molecule has 0 aliphatic carbocycles. The third-order valence-electron chi connectivity index (χ3n) is 3.48. The zero-order valence-corrected chi connectivity index (χ0v) is 14.9. The molecule has 0 aromatic heterocycles. The summed E-state index contributed by atoms with van der Waals surface area (Å²) in [5.74, 6) is -0.131. The molecule has 0 aliphatic heterocycles. The lowest BCUT2D eigenvalue weighted by Crippen LogP contribution is -2.17. The number of hydrogen-bond donors (Lipinski definition) is 1. The molecule has 27 heavy (non-hydrogen) atoms. The van der Waals surface area contributed by atoms with Crippen molar-refractivity contribution in [2.75, 3.05) is 25.6 Å². The van der Waals surface area contributed by atoms with Crippen LogP contribution in [0.1, 0.15) is 11.1 Å². The van der Waals surface area contributed by atoms with E-state index in [4.69, 9.17) is 9.47 Å². The molecule has 0 saturated heterocycles. The molecule has 0 bridgehead atoms. The van der Waals surface area contributed by atoms with Crippen molar-refractivity contribution in [2.45, 2.75) is 19.7 Å². The molecule has 5 nitrogen and oxygen atoms in total. The molecule has 2 aromatic carbocycles. The van der Waals surface area contributed by atoms with Crippen LogP contribution in [-0.2, 0) is 16.0 Å². The summed E-state index contributed by atoms with van der Waals surface area (Å²) >= 11 is 0. The number of hydrogen-bond acceptors (Lipinski definition) is 4. The first-order valence-electron chi connectivity index (χ1n) is 8.14. The first kappa shape index (κ1) is 20.6. The number of aryl methyl sites for hydroxylation is 1. The Morgan fingerprint density at radius 3 is 2.41 bits per heavy atom. The predicted octanol–water partition coefficient (Wildman–Crippen LogP) is 4.10. The highest BCUT2D eigenvalue weighted by Gasteiger charge is 2.30. The quantitative estimate of drug-likeness (QED) is 0.698. The number of carbonyl (C=O) groups is 1. The Bertz CT molecular complexity index is 761. The van der Waals surface area contributed by atoms with Crippen LogP contribution in [0.15, 0.2) is 42.5 Å². The van der Waals surface area contributed by atoms with E-state index < -0.39 is 6.36 Å². The van der Waals surface area contributed by atoms with Gasteiger partial charge in [0.05, 0.1) is 18.7 Å². The Balaban J connectivity index is 1.99. The third kappa shape index (κ3) is 7.18. The Kier molecular flexibility index (Phi) is 7.06. The number of halogens is 3. The van der Waals surface area contributed by atoms with Gasteiger partial charge >= 0.3 is 6.36 Å². The summed E-state index contributed by atoms with van der Waals surface area (Å²) in [5, 5.41) is 2.75. The standard InChI is InChI=1S/C19H20F3NO4/c1-13-3-8-16(17(11-13)26-10-9-25-2)23-18(24)12-14-4-6-15(7-5-14)27-19(20,21)22/h3-8,11H,9-10,12H2,1-2H3,(H,23,24). The summed E-state index contributed by atoms with van der Waals surface area (Å²) in [6.07, 6.45) is -4.75. The van der Waals surface area contributed by atoms with Crippen LogP contribution in [0.25, 0.3) is 0 Å². The number of carbonyl (C=O) groups excluding carboxylic acids is 1. The molecule has 0 atom stereocenters. The maximum atomic E-state index is 12.3. The number of rotatable bonds is 8. The van der Waals surface area contributed by atoms with Crippen molar-refractivity contribution in [1.29, 1.82) is 0 Å². The molecule has 0 heterocycles. The minimum absolute atomic E-state index is 0.00230. The largest absolute Gasteiger partial charge is 0.573 e. The van der Waals surface area contributed by atoms with Crippen molar-refractivity contribution < 1.29 is 32.2 Å². The number of nitrogens with one attached hydrogen (secondary N) is 1. The van der Waals surface area contributed by atoms with Gasteiger partial charge in [-0.3, -0.25) is 4.79 Å². The number of methoxy groups -OCH3 is 1. The van der Waals surface area contributed by atoms with E-state index in [-0.39, 0.29) is 18.1 Å². The molecule has 0 radical (unpaired) electrons.